The summed E-state index contributed by atoms with van der Waals surface area (Å²) in [7, 11) is 0. The number of nitrogens with zero attached hydrogens (tertiary/aromatic N) is 1. The van der Waals surface area contributed by atoms with Crippen molar-refractivity contribution < 1.29 is 0 Å². The molecule has 0 radical (unpaired) electrons. The maximum atomic E-state index is 6.40. The topological polar surface area (TPSA) is 29.3 Å². The first-order chi connectivity index (χ1) is 8.67. The molecule has 0 unspecified atom stereocenters. The van der Waals surface area contributed by atoms with Gasteiger partial charge in [0.2, 0.25) is 0 Å². The van der Waals surface area contributed by atoms with Gasteiger partial charge in [-0.3, -0.25) is 4.90 Å². The summed E-state index contributed by atoms with van der Waals surface area (Å²) in [6, 6.07) is 6.41. The second-order valence-electron chi connectivity index (χ2n) is 5.80. The summed E-state index contributed by atoms with van der Waals surface area (Å²) >= 11 is 6.40. The molecule has 0 bridgehead atoms. The first kappa shape index (κ1) is 12.5. The SMILES string of the molecule is NC1(c2ccc(CN3CCCCC3)c(Cl)c2)CC1. The molecule has 2 N–H and O–H groups in total. The lowest BCUT2D eigenvalue weighted by molar-refractivity contribution is 0.221. The largest absolute Gasteiger partial charge is 0.321 e. The molecule has 1 heterocycles. The van der Waals surface area contributed by atoms with Crippen LogP contribution in [-0.4, -0.2) is 18.0 Å². The fourth-order valence-electron chi connectivity index (χ4n) is 2.77. The van der Waals surface area contributed by atoms with Gasteiger partial charge in [-0.15, -0.1) is 0 Å². The van der Waals surface area contributed by atoms with E-state index in [0.717, 1.165) is 24.4 Å². The van der Waals surface area contributed by atoms with Gasteiger partial charge >= 0.3 is 0 Å². The van der Waals surface area contributed by atoms with Crippen LogP contribution in [0.5, 0.6) is 0 Å². The van der Waals surface area contributed by atoms with E-state index in [-0.39, 0.29) is 5.54 Å². The Morgan fingerprint density at radius 2 is 1.89 bits per heavy atom. The Hall–Kier alpha value is -0.570. The summed E-state index contributed by atoms with van der Waals surface area (Å²) in [5.74, 6) is 0. The molecule has 1 saturated carbocycles. The second kappa shape index (κ2) is 4.84. The fourth-order valence-corrected chi connectivity index (χ4v) is 3.01. The molecule has 0 spiro atoms. The molecular weight excluding hydrogens is 244 g/mol. The molecule has 2 fully saturated rings. The summed E-state index contributed by atoms with van der Waals surface area (Å²) in [5, 5.41) is 0.884. The molecule has 1 aliphatic carbocycles. The molecule has 98 valence electrons. The number of nitrogens with two attached hydrogens (primary N) is 1. The predicted molar refractivity (Wildman–Crippen MR) is 75.7 cm³/mol. The van der Waals surface area contributed by atoms with Crippen LogP contribution < -0.4 is 5.73 Å². The van der Waals surface area contributed by atoms with Gasteiger partial charge in [0.1, 0.15) is 0 Å². The number of halogens is 1. The minimum Gasteiger partial charge on any atom is -0.321 e. The van der Waals surface area contributed by atoms with Crippen molar-refractivity contribution in [3.63, 3.8) is 0 Å². The maximum absolute atomic E-state index is 6.40. The Morgan fingerprint density at radius 3 is 2.50 bits per heavy atom. The second-order valence-corrected chi connectivity index (χ2v) is 6.21. The first-order valence-corrected chi connectivity index (χ1v) is 7.35. The summed E-state index contributed by atoms with van der Waals surface area (Å²) < 4.78 is 0. The van der Waals surface area contributed by atoms with Crippen LogP contribution in [0, 0.1) is 0 Å². The Balaban J connectivity index is 1.72. The summed E-state index contributed by atoms with van der Waals surface area (Å²) in [6.45, 7) is 3.40. The highest BCUT2D eigenvalue weighted by atomic mass is 35.5. The van der Waals surface area contributed by atoms with Crippen molar-refractivity contribution in [2.75, 3.05) is 13.1 Å². The van der Waals surface area contributed by atoms with E-state index >= 15 is 0 Å². The lowest BCUT2D eigenvalue weighted by Gasteiger charge is -2.27. The van der Waals surface area contributed by atoms with Crippen molar-refractivity contribution in [3.05, 3.63) is 34.3 Å². The smallest absolute Gasteiger partial charge is 0.0454 e. The van der Waals surface area contributed by atoms with E-state index in [1.165, 1.54) is 43.5 Å². The zero-order chi connectivity index (χ0) is 12.6. The third-order valence-electron chi connectivity index (χ3n) is 4.26. The molecule has 0 aromatic heterocycles. The molecule has 1 aromatic rings. The number of hydrogen-bond acceptors (Lipinski definition) is 2. The molecule has 3 rings (SSSR count). The first-order valence-electron chi connectivity index (χ1n) is 6.98. The van der Waals surface area contributed by atoms with Crippen molar-refractivity contribution in [2.45, 2.75) is 44.2 Å². The zero-order valence-corrected chi connectivity index (χ0v) is 11.5. The van der Waals surface area contributed by atoms with Crippen molar-refractivity contribution in [1.82, 2.24) is 4.90 Å². The summed E-state index contributed by atoms with van der Waals surface area (Å²) in [6.07, 6.45) is 6.20. The number of benzene rings is 1. The van der Waals surface area contributed by atoms with E-state index in [0.29, 0.717) is 0 Å². The molecule has 1 aliphatic heterocycles. The highest BCUT2D eigenvalue weighted by molar-refractivity contribution is 6.31. The third-order valence-corrected chi connectivity index (χ3v) is 4.61. The van der Waals surface area contributed by atoms with E-state index in [4.69, 9.17) is 17.3 Å². The molecule has 1 saturated heterocycles. The van der Waals surface area contributed by atoms with Crippen LogP contribution in [0.1, 0.15) is 43.2 Å². The lowest BCUT2D eigenvalue weighted by Crippen LogP contribution is -2.29. The number of hydrogen-bond donors (Lipinski definition) is 1. The molecule has 3 heteroatoms. The standard InChI is InChI=1S/C15H21ClN2/c16-14-10-13(15(17)6-7-15)5-4-12(14)11-18-8-2-1-3-9-18/h4-5,10H,1-3,6-9,11,17H2. The van der Waals surface area contributed by atoms with Crippen LogP contribution in [0.3, 0.4) is 0 Å². The van der Waals surface area contributed by atoms with Gasteiger partial charge < -0.3 is 5.73 Å². The van der Waals surface area contributed by atoms with E-state index < -0.39 is 0 Å². The Labute approximate surface area is 114 Å². The minimum absolute atomic E-state index is 0.0761. The van der Waals surface area contributed by atoms with Crippen LogP contribution in [0.2, 0.25) is 5.02 Å². The van der Waals surface area contributed by atoms with E-state index in [9.17, 15) is 0 Å². The van der Waals surface area contributed by atoms with E-state index in [1.807, 2.05) is 0 Å². The van der Waals surface area contributed by atoms with Gasteiger partial charge in [0, 0.05) is 17.1 Å². The van der Waals surface area contributed by atoms with Crippen LogP contribution in [0.25, 0.3) is 0 Å². The van der Waals surface area contributed by atoms with Gasteiger partial charge in [0.15, 0.2) is 0 Å². The van der Waals surface area contributed by atoms with E-state index in [1.54, 1.807) is 0 Å². The summed E-state index contributed by atoms with van der Waals surface area (Å²) in [4.78, 5) is 2.50. The predicted octanol–water partition coefficient (Wildman–Crippen LogP) is 3.27. The molecule has 1 aromatic carbocycles. The van der Waals surface area contributed by atoms with Crippen LogP contribution in [-0.2, 0) is 12.1 Å². The average Bonchev–Trinajstić information content (AvgIpc) is 3.12. The molecule has 2 aliphatic rings. The highest BCUT2D eigenvalue weighted by Crippen LogP contribution is 2.43. The Bertz CT molecular complexity index is 434. The van der Waals surface area contributed by atoms with Crippen LogP contribution >= 0.6 is 11.6 Å². The zero-order valence-electron chi connectivity index (χ0n) is 10.8. The number of likely N-dealkylation sites (tertiary alicyclic amines) is 1. The molecule has 2 nitrogen and oxygen atoms in total. The van der Waals surface area contributed by atoms with Gasteiger partial charge in [-0.2, -0.15) is 0 Å². The van der Waals surface area contributed by atoms with Gasteiger partial charge in [0.25, 0.3) is 0 Å². The average molecular weight is 265 g/mol. The summed E-state index contributed by atoms with van der Waals surface area (Å²) in [5.41, 5.74) is 8.57. The molecule has 0 atom stereocenters. The van der Waals surface area contributed by atoms with Crippen molar-refractivity contribution >= 4 is 11.6 Å². The highest BCUT2D eigenvalue weighted by Gasteiger charge is 2.40. The van der Waals surface area contributed by atoms with Crippen LogP contribution in [0.15, 0.2) is 18.2 Å². The Morgan fingerprint density at radius 1 is 1.17 bits per heavy atom. The van der Waals surface area contributed by atoms with Crippen LogP contribution in [0.4, 0.5) is 0 Å². The van der Waals surface area contributed by atoms with Crippen molar-refractivity contribution in [3.8, 4) is 0 Å². The third kappa shape index (κ3) is 2.56. The van der Waals surface area contributed by atoms with Gasteiger partial charge in [-0.05, 0) is 56.0 Å². The lowest BCUT2D eigenvalue weighted by atomic mass is 10.0. The quantitative estimate of drug-likeness (QED) is 0.908. The van der Waals surface area contributed by atoms with Crippen molar-refractivity contribution in [1.29, 1.82) is 0 Å². The van der Waals surface area contributed by atoms with Crippen molar-refractivity contribution in [2.24, 2.45) is 5.73 Å². The van der Waals surface area contributed by atoms with Gasteiger partial charge in [-0.25, -0.2) is 0 Å². The number of rotatable bonds is 3. The van der Waals surface area contributed by atoms with E-state index in [2.05, 4.69) is 23.1 Å². The fraction of sp³-hybridized carbons (Fsp3) is 0.600. The molecular formula is C15H21ClN2. The molecule has 18 heavy (non-hydrogen) atoms. The Kier molecular flexibility index (Phi) is 3.35. The van der Waals surface area contributed by atoms with Gasteiger partial charge in [0.05, 0.1) is 0 Å². The monoisotopic (exact) mass is 264 g/mol. The minimum atomic E-state index is -0.0761. The normalized spacial score (nSPS) is 23.0. The number of piperidine rings is 1. The molecule has 0 amide bonds. The maximum Gasteiger partial charge on any atom is 0.0454 e. The van der Waals surface area contributed by atoms with Gasteiger partial charge in [-0.1, -0.05) is 30.2 Å².